The van der Waals surface area contributed by atoms with Crippen LogP contribution in [0.2, 0.25) is 0 Å². The molecule has 0 bridgehead atoms. The lowest BCUT2D eigenvalue weighted by atomic mass is 10.1. The van der Waals surface area contributed by atoms with E-state index in [1.54, 1.807) is 13.1 Å². The third-order valence-corrected chi connectivity index (χ3v) is 5.38. The van der Waals surface area contributed by atoms with E-state index in [-0.39, 0.29) is 24.5 Å². The normalized spacial score (nSPS) is 14.9. The second kappa shape index (κ2) is 9.18. The molecule has 2 amide bonds. The molecule has 2 heterocycles. The van der Waals surface area contributed by atoms with Crippen LogP contribution in [0.5, 0.6) is 11.5 Å². The summed E-state index contributed by atoms with van der Waals surface area (Å²) < 4.78 is 13.5. The summed E-state index contributed by atoms with van der Waals surface area (Å²) in [5.74, 6) is 1.23. The Labute approximate surface area is 187 Å². The first-order valence-electron chi connectivity index (χ1n) is 10.7. The number of benzene rings is 2. The number of hydrogen-bond donors (Lipinski definition) is 2. The molecular weight excluding hydrogens is 406 g/mol. The highest BCUT2D eigenvalue weighted by molar-refractivity contribution is 6.03. The van der Waals surface area contributed by atoms with Gasteiger partial charge < -0.3 is 24.7 Å². The van der Waals surface area contributed by atoms with Crippen LogP contribution in [-0.2, 0) is 22.6 Å². The maximum atomic E-state index is 12.6. The topological polar surface area (TPSA) is 81.6 Å². The Hall–Kier alpha value is -3.74. The zero-order valence-electron chi connectivity index (χ0n) is 18.5. The molecule has 0 fully saturated rings. The van der Waals surface area contributed by atoms with Gasteiger partial charge in [-0.1, -0.05) is 6.07 Å². The maximum Gasteiger partial charge on any atom is 0.248 e. The number of aromatic nitrogens is 1. The number of carbonyl (C=O) groups is 2. The number of hydrogen-bond acceptors (Lipinski definition) is 4. The van der Waals surface area contributed by atoms with E-state index in [2.05, 4.69) is 10.6 Å². The zero-order valence-corrected chi connectivity index (χ0v) is 18.5. The Morgan fingerprint density at radius 2 is 2.09 bits per heavy atom. The molecule has 1 unspecified atom stereocenters. The fraction of sp³-hybridized carbons (Fsp3) is 0.280. The van der Waals surface area contributed by atoms with Crippen LogP contribution in [0.1, 0.15) is 25.0 Å². The van der Waals surface area contributed by atoms with Gasteiger partial charge in [0.2, 0.25) is 11.8 Å². The molecule has 1 aliphatic heterocycles. The van der Waals surface area contributed by atoms with Gasteiger partial charge in [-0.25, -0.2) is 0 Å². The predicted molar refractivity (Wildman–Crippen MR) is 125 cm³/mol. The average Bonchev–Trinajstić information content (AvgIpc) is 3.33. The highest BCUT2D eigenvalue weighted by atomic mass is 16.5. The second-order valence-electron chi connectivity index (χ2n) is 7.78. The van der Waals surface area contributed by atoms with Crippen LogP contribution in [0.3, 0.4) is 0 Å². The fourth-order valence-corrected chi connectivity index (χ4v) is 3.85. The molecule has 1 atom stereocenters. The van der Waals surface area contributed by atoms with Crippen LogP contribution in [0.4, 0.5) is 5.69 Å². The molecule has 2 N–H and O–H groups in total. The number of nitrogens with zero attached hydrogens (tertiary/aromatic N) is 1. The highest BCUT2D eigenvalue weighted by Crippen LogP contribution is 2.35. The third kappa shape index (κ3) is 4.61. The molecule has 32 heavy (non-hydrogen) atoms. The lowest BCUT2D eigenvalue weighted by molar-refractivity contribution is -0.121. The first-order valence-corrected chi connectivity index (χ1v) is 10.7. The Morgan fingerprint density at radius 3 is 2.88 bits per heavy atom. The molecule has 0 radical (unpaired) electrons. The van der Waals surface area contributed by atoms with E-state index in [1.165, 1.54) is 6.08 Å². The van der Waals surface area contributed by atoms with Crippen molar-refractivity contribution in [2.24, 2.45) is 0 Å². The van der Waals surface area contributed by atoms with Gasteiger partial charge in [-0.05, 0) is 55.6 Å². The van der Waals surface area contributed by atoms with Gasteiger partial charge in [-0.3, -0.25) is 9.59 Å². The van der Waals surface area contributed by atoms with Crippen LogP contribution in [-0.4, -0.2) is 36.1 Å². The molecule has 7 heteroatoms. The monoisotopic (exact) mass is 433 g/mol. The zero-order chi connectivity index (χ0) is 22.7. The Balaban J connectivity index is 1.51. The van der Waals surface area contributed by atoms with E-state index in [0.29, 0.717) is 12.3 Å². The summed E-state index contributed by atoms with van der Waals surface area (Å²) in [4.78, 5) is 24.3. The van der Waals surface area contributed by atoms with Gasteiger partial charge in [0.25, 0.3) is 0 Å². The van der Waals surface area contributed by atoms with Gasteiger partial charge >= 0.3 is 0 Å². The van der Waals surface area contributed by atoms with Gasteiger partial charge in [0.1, 0.15) is 24.1 Å². The summed E-state index contributed by atoms with van der Waals surface area (Å²) in [5.41, 5.74) is 3.44. The van der Waals surface area contributed by atoms with Crippen LogP contribution in [0, 0.1) is 0 Å². The number of rotatable bonds is 7. The molecule has 0 saturated heterocycles. The van der Waals surface area contributed by atoms with Crippen LogP contribution < -0.4 is 20.1 Å². The second-order valence-corrected chi connectivity index (χ2v) is 7.78. The summed E-state index contributed by atoms with van der Waals surface area (Å²) in [6.45, 7) is 4.72. The van der Waals surface area contributed by atoms with Crippen molar-refractivity contribution in [2.45, 2.75) is 32.9 Å². The smallest absolute Gasteiger partial charge is 0.248 e. The molecule has 0 saturated carbocycles. The molecule has 7 nitrogen and oxygen atoms in total. The van der Waals surface area contributed by atoms with Crippen molar-refractivity contribution in [1.29, 1.82) is 0 Å². The van der Waals surface area contributed by atoms with Crippen molar-refractivity contribution in [1.82, 2.24) is 9.88 Å². The number of anilines is 1. The molecule has 0 aliphatic carbocycles. The summed E-state index contributed by atoms with van der Waals surface area (Å²) in [7, 11) is 1.61. The average molecular weight is 434 g/mol. The van der Waals surface area contributed by atoms with Crippen LogP contribution in [0.15, 0.2) is 48.7 Å². The Kier molecular flexibility index (Phi) is 6.16. The number of nitrogens with one attached hydrogen (secondary N) is 2. The highest BCUT2D eigenvalue weighted by Gasteiger charge is 2.21. The summed E-state index contributed by atoms with van der Waals surface area (Å²) in [6.07, 6.45) is 6.07. The largest absolute Gasteiger partial charge is 0.493 e. The molecular formula is C25H27N3O4. The van der Waals surface area contributed by atoms with Gasteiger partial charge in [0, 0.05) is 42.6 Å². The minimum atomic E-state index is -0.258. The number of fused-ring (bicyclic) bond motifs is 2. The number of carbonyl (C=O) groups excluding carboxylic acids is 2. The van der Waals surface area contributed by atoms with Crippen molar-refractivity contribution in [3.05, 3.63) is 59.8 Å². The quantitative estimate of drug-likeness (QED) is 0.556. The van der Waals surface area contributed by atoms with Gasteiger partial charge in [0.15, 0.2) is 0 Å². The summed E-state index contributed by atoms with van der Waals surface area (Å²) in [6, 6.07) is 11.5. The molecule has 166 valence electrons. The van der Waals surface area contributed by atoms with Crippen LogP contribution >= 0.6 is 0 Å². The molecule has 0 spiro atoms. The van der Waals surface area contributed by atoms with Crippen molar-refractivity contribution in [2.75, 3.05) is 19.0 Å². The van der Waals surface area contributed by atoms with Gasteiger partial charge in [-0.15, -0.1) is 0 Å². The molecule has 3 aromatic rings. The Bertz CT molecular complexity index is 1200. The number of ether oxygens (including phenoxy) is 2. The minimum absolute atomic E-state index is 0.0855. The van der Waals surface area contributed by atoms with E-state index >= 15 is 0 Å². The van der Waals surface area contributed by atoms with Crippen molar-refractivity contribution in [3.8, 4) is 11.5 Å². The van der Waals surface area contributed by atoms with E-state index in [1.807, 2.05) is 61.0 Å². The number of likely N-dealkylation sites (N-methyl/N-ethyl adjacent to an activating group) is 1. The summed E-state index contributed by atoms with van der Waals surface area (Å²) in [5, 5.41) is 6.50. The predicted octanol–water partition coefficient (Wildman–Crippen LogP) is 3.76. The molecule has 2 aromatic carbocycles. The first kappa shape index (κ1) is 21.5. The van der Waals surface area contributed by atoms with E-state index in [4.69, 9.17) is 9.47 Å². The Morgan fingerprint density at radius 1 is 1.25 bits per heavy atom. The van der Waals surface area contributed by atoms with E-state index in [9.17, 15) is 9.59 Å². The standard InChI is InChI=1S/C25H27N3O4/c1-4-31-22-13-19-11-16(2)32-23(19)12-18(22)6-8-24(29)27-20-7-5-17-9-10-28(21(17)14-20)15-25(30)26-3/h5-10,12-14,16H,4,11,15H2,1-3H3,(H,26,30)(H,27,29)/b8-6+. The van der Waals surface area contributed by atoms with Crippen LogP contribution in [0.25, 0.3) is 17.0 Å². The van der Waals surface area contributed by atoms with Gasteiger partial charge in [0.05, 0.1) is 12.1 Å². The minimum Gasteiger partial charge on any atom is -0.493 e. The molecule has 1 aromatic heterocycles. The lowest BCUT2D eigenvalue weighted by Gasteiger charge is -2.10. The third-order valence-electron chi connectivity index (χ3n) is 5.38. The van der Waals surface area contributed by atoms with E-state index < -0.39 is 0 Å². The molecule has 1 aliphatic rings. The van der Waals surface area contributed by atoms with E-state index in [0.717, 1.165) is 39.9 Å². The SMILES string of the molecule is CCOc1cc2c(cc1/C=C/C(=O)Nc1ccc3ccn(CC(=O)NC)c3c1)OC(C)C2. The molecule has 4 rings (SSSR count). The van der Waals surface area contributed by atoms with Crippen molar-refractivity contribution < 1.29 is 19.1 Å². The fourth-order valence-electron chi connectivity index (χ4n) is 3.85. The van der Waals surface area contributed by atoms with Gasteiger partial charge in [-0.2, -0.15) is 0 Å². The lowest BCUT2D eigenvalue weighted by Crippen LogP contribution is -2.23. The van der Waals surface area contributed by atoms with Crippen molar-refractivity contribution >= 4 is 34.5 Å². The van der Waals surface area contributed by atoms with Crippen molar-refractivity contribution in [3.63, 3.8) is 0 Å². The summed E-state index contributed by atoms with van der Waals surface area (Å²) >= 11 is 0. The number of amides is 2. The maximum absolute atomic E-state index is 12.6. The first-order chi connectivity index (χ1) is 15.5.